The topological polar surface area (TPSA) is 70.5 Å². The molecule has 1 N–H and O–H groups in total. The molecular weight excluding hydrogens is 345 g/mol. The van der Waals surface area contributed by atoms with Gasteiger partial charge in [0.05, 0.1) is 10.6 Å². The largest absolute Gasteiger partial charge is 0.478 e. The summed E-state index contributed by atoms with van der Waals surface area (Å²) in [6.07, 6.45) is -4.86. The number of halogens is 3. The molecule has 0 saturated carbocycles. The quantitative estimate of drug-likeness (QED) is 0.890. The molecule has 5 nitrogen and oxygen atoms in total. The van der Waals surface area contributed by atoms with Crippen LogP contribution in [0.2, 0.25) is 0 Å². The number of anilines is 1. The first kappa shape index (κ1) is 17.9. The molecule has 1 aromatic heterocycles. The predicted molar refractivity (Wildman–Crippen MR) is 82.4 cm³/mol. The minimum atomic E-state index is -5.02. The molecule has 128 valence electrons. The molecule has 24 heavy (non-hydrogen) atoms. The summed E-state index contributed by atoms with van der Waals surface area (Å²) in [5.41, 5.74) is 0.666. The van der Waals surface area contributed by atoms with Crippen molar-refractivity contribution in [2.24, 2.45) is 0 Å². The molecule has 0 aliphatic heterocycles. The van der Waals surface area contributed by atoms with Gasteiger partial charge in [-0.2, -0.15) is 13.2 Å². The fraction of sp³-hybridized carbons (Fsp3) is 0.267. The first-order chi connectivity index (χ1) is 11.2. The summed E-state index contributed by atoms with van der Waals surface area (Å²) >= 11 is 1.30. The number of thiazole rings is 1. The van der Waals surface area contributed by atoms with Crippen LogP contribution in [0.1, 0.15) is 21.1 Å². The molecule has 2 rings (SSSR count). The van der Waals surface area contributed by atoms with Crippen molar-refractivity contribution in [2.75, 3.05) is 11.4 Å². The zero-order valence-electron chi connectivity index (χ0n) is 12.5. The summed E-state index contributed by atoms with van der Waals surface area (Å²) in [4.78, 5) is 27.2. The van der Waals surface area contributed by atoms with Crippen LogP contribution in [0, 0.1) is 6.92 Å². The molecule has 0 saturated heterocycles. The fourth-order valence-corrected chi connectivity index (χ4v) is 2.77. The smallest absolute Gasteiger partial charge is 0.471 e. The van der Waals surface area contributed by atoms with E-state index in [4.69, 9.17) is 5.11 Å². The molecule has 1 aromatic carbocycles. The number of carbonyl (C=O) groups excluding carboxylic acids is 1. The average molecular weight is 358 g/mol. The van der Waals surface area contributed by atoms with Gasteiger partial charge in [-0.25, -0.2) is 9.78 Å². The van der Waals surface area contributed by atoms with Crippen LogP contribution in [0.25, 0.3) is 0 Å². The number of hydrogen-bond acceptors (Lipinski definition) is 4. The molecule has 0 fully saturated rings. The van der Waals surface area contributed by atoms with Gasteiger partial charge in [0.2, 0.25) is 0 Å². The number of carbonyl (C=O) groups is 2. The van der Waals surface area contributed by atoms with E-state index in [9.17, 15) is 22.8 Å². The number of amides is 1. The van der Waals surface area contributed by atoms with E-state index in [-0.39, 0.29) is 24.2 Å². The molecule has 9 heteroatoms. The molecule has 0 aliphatic carbocycles. The summed E-state index contributed by atoms with van der Waals surface area (Å²) < 4.78 is 38.5. The SMILES string of the molecule is Cc1csc(CCN(C(=O)C(F)(F)F)c2ccc(C(=O)O)cc2)n1. The number of carboxylic acid groups (broad SMARTS) is 1. The highest BCUT2D eigenvalue weighted by Gasteiger charge is 2.43. The second-order valence-corrected chi connectivity index (χ2v) is 5.88. The molecule has 0 aliphatic rings. The van der Waals surface area contributed by atoms with Crippen LogP contribution in [0.15, 0.2) is 29.6 Å². The first-order valence-electron chi connectivity index (χ1n) is 6.81. The number of alkyl halides is 3. The van der Waals surface area contributed by atoms with Gasteiger partial charge in [-0.1, -0.05) is 0 Å². The number of rotatable bonds is 5. The highest BCUT2D eigenvalue weighted by atomic mass is 32.1. The van der Waals surface area contributed by atoms with Crippen molar-refractivity contribution >= 4 is 28.9 Å². The second kappa shape index (κ2) is 7.00. The van der Waals surface area contributed by atoms with E-state index >= 15 is 0 Å². The summed E-state index contributed by atoms with van der Waals surface area (Å²) in [5, 5.41) is 11.2. The number of benzene rings is 1. The van der Waals surface area contributed by atoms with Gasteiger partial charge in [0.25, 0.3) is 0 Å². The third-order valence-corrected chi connectivity index (χ3v) is 4.16. The van der Waals surface area contributed by atoms with Gasteiger partial charge in [-0.15, -0.1) is 11.3 Å². The van der Waals surface area contributed by atoms with Gasteiger partial charge in [0.15, 0.2) is 0 Å². The Kier molecular flexibility index (Phi) is 5.23. The van der Waals surface area contributed by atoms with Crippen LogP contribution in [0.3, 0.4) is 0 Å². The molecule has 0 spiro atoms. The van der Waals surface area contributed by atoms with Crippen LogP contribution in [0.4, 0.5) is 18.9 Å². The molecule has 1 amide bonds. The summed E-state index contributed by atoms with van der Waals surface area (Å²) in [6.45, 7) is 1.56. The van der Waals surface area contributed by atoms with E-state index in [2.05, 4.69) is 4.98 Å². The van der Waals surface area contributed by atoms with Crippen molar-refractivity contribution in [1.82, 2.24) is 4.98 Å². The van der Waals surface area contributed by atoms with Crippen LogP contribution in [-0.2, 0) is 11.2 Å². The van der Waals surface area contributed by atoms with Gasteiger partial charge in [0, 0.05) is 29.7 Å². The Morgan fingerprint density at radius 1 is 1.25 bits per heavy atom. The molecule has 2 aromatic rings. The Labute approximate surface area is 139 Å². The highest BCUT2D eigenvalue weighted by Crippen LogP contribution is 2.25. The number of aromatic nitrogens is 1. The van der Waals surface area contributed by atoms with E-state index in [0.717, 1.165) is 17.8 Å². The molecular formula is C15H13F3N2O3S. The highest BCUT2D eigenvalue weighted by molar-refractivity contribution is 7.09. The third kappa shape index (κ3) is 4.31. The van der Waals surface area contributed by atoms with Crippen molar-refractivity contribution in [3.8, 4) is 0 Å². The second-order valence-electron chi connectivity index (χ2n) is 4.94. The maximum Gasteiger partial charge on any atom is 0.471 e. The predicted octanol–water partition coefficient (Wildman–Crippen LogP) is 3.29. The van der Waals surface area contributed by atoms with Crippen LogP contribution in [-0.4, -0.2) is 34.7 Å². The zero-order chi connectivity index (χ0) is 17.9. The van der Waals surface area contributed by atoms with E-state index in [0.29, 0.717) is 9.91 Å². The van der Waals surface area contributed by atoms with Crippen molar-refractivity contribution in [3.63, 3.8) is 0 Å². The normalized spacial score (nSPS) is 11.3. The maximum atomic E-state index is 12.8. The lowest BCUT2D eigenvalue weighted by Crippen LogP contribution is -2.42. The van der Waals surface area contributed by atoms with Crippen LogP contribution < -0.4 is 4.90 Å². The molecule has 0 bridgehead atoms. The minimum Gasteiger partial charge on any atom is -0.478 e. The van der Waals surface area contributed by atoms with Crippen LogP contribution >= 0.6 is 11.3 Å². The summed E-state index contributed by atoms with van der Waals surface area (Å²) in [6, 6.07) is 4.67. The van der Waals surface area contributed by atoms with Gasteiger partial charge in [-0.3, -0.25) is 4.79 Å². The van der Waals surface area contributed by atoms with Gasteiger partial charge < -0.3 is 10.0 Å². The Hall–Kier alpha value is -2.42. The van der Waals surface area contributed by atoms with Gasteiger partial charge >= 0.3 is 18.1 Å². The Morgan fingerprint density at radius 2 is 1.88 bits per heavy atom. The Morgan fingerprint density at radius 3 is 2.33 bits per heavy atom. The van der Waals surface area contributed by atoms with E-state index < -0.39 is 18.1 Å². The number of aryl methyl sites for hydroxylation is 1. The summed E-state index contributed by atoms with van der Waals surface area (Å²) in [5.74, 6) is -3.20. The monoisotopic (exact) mass is 358 g/mol. The molecule has 1 heterocycles. The van der Waals surface area contributed by atoms with E-state index in [1.807, 2.05) is 0 Å². The number of aromatic carboxylic acids is 1. The first-order valence-corrected chi connectivity index (χ1v) is 7.69. The van der Waals surface area contributed by atoms with Crippen molar-refractivity contribution in [2.45, 2.75) is 19.5 Å². The van der Waals surface area contributed by atoms with Crippen molar-refractivity contribution in [3.05, 3.63) is 45.9 Å². The summed E-state index contributed by atoms with van der Waals surface area (Å²) in [7, 11) is 0. The van der Waals surface area contributed by atoms with E-state index in [1.54, 1.807) is 12.3 Å². The van der Waals surface area contributed by atoms with Crippen molar-refractivity contribution < 1.29 is 27.9 Å². The third-order valence-electron chi connectivity index (χ3n) is 3.13. The van der Waals surface area contributed by atoms with Gasteiger partial charge in [0.1, 0.15) is 0 Å². The number of carboxylic acids is 1. The number of hydrogen-bond donors (Lipinski definition) is 1. The molecule has 0 radical (unpaired) electrons. The lowest BCUT2D eigenvalue weighted by Gasteiger charge is -2.23. The minimum absolute atomic E-state index is 0.0180. The maximum absolute atomic E-state index is 12.8. The molecule has 0 unspecified atom stereocenters. The lowest BCUT2D eigenvalue weighted by atomic mass is 10.2. The zero-order valence-corrected chi connectivity index (χ0v) is 13.3. The standard InChI is InChI=1S/C15H13F3N2O3S/c1-9-8-24-12(19-9)6-7-20(14(23)15(16,17)18)11-4-2-10(3-5-11)13(21)22/h2-5,8H,6-7H2,1H3,(H,21,22). The van der Waals surface area contributed by atoms with Crippen LogP contribution in [0.5, 0.6) is 0 Å². The fourth-order valence-electron chi connectivity index (χ4n) is 2.01. The Balaban J connectivity index is 2.24. The van der Waals surface area contributed by atoms with E-state index in [1.165, 1.54) is 23.5 Å². The molecule has 0 atom stereocenters. The average Bonchev–Trinajstić information content (AvgIpc) is 2.92. The van der Waals surface area contributed by atoms with Gasteiger partial charge in [-0.05, 0) is 31.2 Å². The Bertz CT molecular complexity index is 741. The van der Waals surface area contributed by atoms with Crippen molar-refractivity contribution in [1.29, 1.82) is 0 Å². The lowest BCUT2D eigenvalue weighted by molar-refractivity contribution is -0.170. The number of nitrogens with zero attached hydrogens (tertiary/aromatic N) is 2.